The maximum atomic E-state index is 9.88. The molecule has 0 heterocycles. The number of rotatable bonds is 4. The van der Waals surface area contributed by atoms with Crippen LogP contribution in [0.4, 0.5) is 0 Å². The van der Waals surface area contributed by atoms with Crippen LogP contribution in [0.25, 0.3) is 0 Å². The zero-order chi connectivity index (χ0) is 12.6. The van der Waals surface area contributed by atoms with Gasteiger partial charge >= 0.3 is 58.6 Å². The normalized spacial score (nSPS) is 10.8. The molecule has 0 radical (unpaired) electrons. The second kappa shape index (κ2) is 13.0. The average Bonchev–Trinajstić information content (AvgIpc) is 1.96. The summed E-state index contributed by atoms with van der Waals surface area (Å²) in [5.41, 5.74) is 4.94. The standard InChI is InChI=1S/C5H9NO4.Mg.Na.H2O4S/c6-3(5(9)10)1-2-4(7)8;;;1-5(2,3)4/h3H,1-2,6H2,(H,7,8)(H,9,10);;;(H2,1,2,3,4)/q;+2;+1;/p-3. The first-order chi connectivity index (χ1) is 6.54. The van der Waals surface area contributed by atoms with Crippen molar-refractivity contribution >= 4 is 45.4 Å². The summed E-state index contributed by atoms with van der Waals surface area (Å²) in [5, 5.41) is 18.0. The van der Waals surface area contributed by atoms with Crippen molar-refractivity contribution < 1.29 is 66.9 Å². The second-order valence-electron chi connectivity index (χ2n) is 2.27. The molecular formula is C5H8MgNNaO8S. The van der Waals surface area contributed by atoms with E-state index in [9.17, 15) is 14.7 Å². The van der Waals surface area contributed by atoms with Gasteiger partial charge in [-0.05, 0) is 6.42 Å². The van der Waals surface area contributed by atoms with Crippen LogP contribution < -0.4 is 40.4 Å². The number of nitrogens with two attached hydrogens (primary N) is 1. The van der Waals surface area contributed by atoms with Crippen LogP contribution in [0, 0.1) is 0 Å². The molecule has 3 N–H and O–H groups in total. The summed E-state index contributed by atoms with van der Waals surface area (Å²) in [5.74, 6) is -2.47. The molecule has 0 aliphatic heterocycles. The number of carboxylic acids is 2. The summed E-state index contributed by atoms with van der Waals surface area (Å²) in [6.45, 7) is 0. The Kier molecular flexibility index (Phi) is 20.0. The van der Waals surface area contributed by atoms with E-state index in [2.05, 4.69) is 0 Å². The summed E-state index contributed by atoms with van der Waals surface area (Å²) in [6.07, 6.45) is -0.327. The summed E-state index contributed by atoms with van der Waals surface area (Å²) in [4.78, 5) is 19.7. The second-order valence-corrected chi connectivity index (χ2v) is 3.08. The molecule has 1 atom stereocenters. The fraction of sp³-hybridized carbons (Fsp3) is 0.600. The van der Waals surface area contributed by atoms with Gasteiger partial charge in [0.25, 0.3) is 0 Å². The fourth-order valence-corrected chi connectivity index (χ4v) is 0.397. The average molecular weight is 289 g/mol. The third-order valence-electron chi connectivity index (χ3n) is 0.972. The topological polar surface area (TPSA) is 184 Å². The third kappa shape index (κ3) is 38.4. The first-order valence-corrected chi connectivity index (χ1v) is 4.72. The van der Waals surface area contributed by atoms with E-state index in [-0.39, 0.29) is 65.5 Å². The molecule has 0 rings (SSSR count). The van der Waals surface area contributed by atoms with Crippen molar-refractivity contribution in [2.75, 3.05) is 0 Å². The molecule has 0 saturated heterocycles. The van der Waals surface area contributed by atoms with E-state index in [1.165, 1.54) is 0 Å². The van der Waals surface area contributed by atoms with E-state index >= 15 is 0 Å². The van der Waals surface area contributed by atoms with Crippen LogP contribution in [0.3, 0.4) is 0 Å². The predicted octanol–water partition coefficient (Wildman–Crippen LogP) is -6.79. The predicted molar refractivity (Wildman–Crippen MR) is 46.1 cm³/mol. The van der Waals surface area contributed by atoms with Crippen LogP contribution in [0.1, 0.15) is 12.8 Å². The molecule has 0 aliphatic rings. The van der Waals surface area contributed by atoms with Gasteiger partial charge in [-0.3, -0.25) is 13.2 Å². The molecule has 0 spiro atoms. The van der Waals surface area contributed by atoms with Gasteiger partial charge in [-0.15, -0.1) is 0 Å². The summed E-state index contributed by atoms with van der Waals surface area (Å²) in [7, 11) is -5.17. The third-order valence-corrected chi connectivity index (χ3v) is 0.972. The van der Waals surface area contributed by atoms with E-state index in [0.29, 0.717) is 0 Å². The van der Waals surface area contributed by atoms with Gasteiger partial charge in [-0.2, -0.15) is 0 Å². The smallest absolute Gasteiger partial charge is 0.759 e. The van der Waals surface area contributed by atoms with E-state index < -0.39 is 28.4 Å². The number of carboxylic acid groups (broad SMARTS) is 2. The largest absolute Gasteiger partial charge is 2.00 e. The maximum Gasteiger partial charge on any atom is 2.00 e. The summed E-state index contributed by atoms with van der Waals surface area (Å²) in [6, 6.07) is -1.17. The molecule has 0 aromatic rings. The van der Waals surface area contributed by atoms with Crippen molar-refractivity contribution in [3.63, 3.8) is 0 Å². The molecule has 9 nitrogen and oxygen atoms in total. The van der Waals surface area contributed by atoms with Crippen LogP contribution in [0.15, 0.2) is 0 Å². The van der Waals surface area contributed by atoms with E-state index in [1.807, 2.05) is 0 Å². The monoisotopic (exact) mass is 289 g/mol. The number of aliphatic carboxylic acids is 2. The van der Waals surface area contributed by atoms with Gasteiger partial charge in [0.1, 0.15) is 0 Å². The summed E-state index contributed by atoms with van der Waals surface area (Å²) < 4.78 is 34.1. The quantitative estimate of drug-likeness (QED) is 0.288. The van der Waals surface area contributed by atoms with Gasteiger partial charge in [-0.25, -0.2) is 0 Å². The number of carbonyl (C=O) groups is 2. The molecule has 0 aromatic carbocycles. The molecule has 90 valence electrons. The van der Waals surface area contributed by atoms with Gasteiger partial charge in [0.2, 0.25) is 0 Å². The Hall–Kier alpha value is 0.536. The Morgan fingerprint density at radius 2 is 1.59 bits per heavy atom. The van der Waals surface area contributed by atoms with Crippen molar-refractivity contribution in [2.45, 2.75) is 18.9 Å². The van der Waals surface area contributed by atoms with E-state index in [4.69, 9.17) is 28.4 Å². The number of hydrogen-bond acceptors (Lipinski definition) is 8. The molecule has 0 amide bonds. The Bertz CT molecular complexity index is 312. The van der Waals surface area contributed by atoms with Gasteiger partial charge < -0.3 is 29.8 Å². The van der Waals surface area contributed by atoms with Crippen molar-refractivity contribution in [1.82, 2.24) is 0 Å². The zero-order valence-corrected chi connectivity index (χ0v) is 13.2. The van der Waals surface area contributed by atoms with Crippen LogP contribution in [-0.2, 0) is 20.0 Å². The molecule has 0 saturated carbocycles. The van der Waals surface area contributed by atoms with Gasteiger partial charge in [0.15, 0.2) is 0 Å². The van der Waals surface area contributed by atoms with E-state index in [0.717, 1.165) is 0 Å². The van der Waals surface area contributed by atoms with Gasteiger partial charge in [-0.1, -0.05) is 0 Å². The molecule has 12 heteroatoms. The van der Waals surface area contributed by atoms with Gasteiger partial charge in [0, 0.05) is 22.9 Å². The van der Waals surface area contributed by atoms with Crippen LogP contribution in [0.5, 0.6) is 0 Å². The minimum Gasteiger partial charge on any atom is -0.759 e. The first kappa shape index (κ1) is 26.2. The molecule has 0 aliphatic carbocycles. The van der Waals surface area contributed by atoms with Crippen LogP contribution >= 0.6 is 0 Å². The number of carbonyl (C=O) groups excluding carboxylic acids is 1. The number of hydrogen-bond donors (Lipinski definition) is 2. The van der Waals surface area contributed by atoms with Crippen molar-refractivity contribution in [3.05, 3.63) is 0 Å². The SMILES string of the molecule is NC(CCC(=O)O)C(=O)[O-].O=S(=O)([O-])[O-].[Mg+2].[Na+]. The Labute approximate surface area is 136 Å². The van der Waals surface area contributed by atoms with Crippen molar-refractivity contribution in [2.24, 2.45) is 5.73 Å². The molecule has 0 aromatic heterocycles. The Morgan fingerprint density at radius 3 is 1.76 bits per heavy atom. The zero-order valence-electron chi connectivity index (χ0n) is 8.99. The molecule has 0 bridgehead atoms. The van der Waals surface area contributed by atoms with Crippen molar-refractivity contribution in [3.8, 4) is 0 Å². The van der Waals surface area contributed by atoms with Gasteiger partial charge in [0.05, 0.1) is 5.97 Å². The molecule has 0 fully saturated rings. The fourth-order valence-electron chi connectivity index (χ4n) is 0.397. The van der Waals surface area contributed by atoms with E-state index in [1.54, 1.807) is 0 Å². The van der Waals surface area contributed by atoms with Crippen LogP contribution in [-0.4, -0.2) is 63.7 Å². The molecular weight excluding hydrogens is 281 g/mol. The van der Waals surface area contributed by atoms with Crippen LogP contribution in [0.2, 0.25) is 0 Å². The minimum atomic E-state index is -5.17. The minimum absolute atomic E-state index is 0. The van der Waals surface area contributed by atoms with Crippen molar-refractivity contribution in [1.29, 1.82) is 0 Å². The molecule has 17 heavy (non-hydrogen) atoms. The summed E-state index contributed by atoms with van der Waals surface area (Å²) >= 11 is 0. The Balaban J connectivity index is -0.000000105. The molecule has 1 unspecified atom stereocenters. The maximum absolute atomic E-state index is 9.88. The first-order valence-electron chi connectivity index (χ1n) is 3.39. The Morgan fingerprint density at radius 1 is 1.29 bits per heavy atom.